The van der Waals surface area contributed by atoms with E-state index in [2.05, 4.69) is 19.8 Å². The lowest BCUT2D eigenvalue weighted by Crippen LogP contribution is -2.58. The zero-order valence-corrected chi connectivity index (χ0v) is 16.1. The van der Waals surface area contributed by atoms with Crippen LogP contribution in [0.15, 0.2) is 30.6 Å². The van der Waals surface area contributed by atoms with Crippen LogP contribution in [0.2, 0.25) is 0 Å². The summed E-state index contributed by atoms with van der Waals surface area (Å²) in [5.74, 6) is -0.703. The van der Waals surface area contributed by atoms with Gasteiger partial charge >= 0.3 is 5.97 Å². The van der Waals surface area contributed by atoms with E-state index >= 15 is 0 Å². The molecule has 4 rings (SSSR count). The molecule has 0 aliphatic carbocycles. The molecule has 1 aromatic carbocycles. The highest BCUT2D eigenvalue weighted by Crippen LogP contribution is 2.42. The molecular weight excluding hydrogens is 356 g/mol. The third kappa shape index (κ3) is 3.20. The smallest absolute Gasteiger partial charge is 0.335 e. The molecule has 2 aliphatic rings. The number of carboxylic acids is 1. The molecule has 3 heterocycles. The van der Waals surface area contributed by atoms with Crippen LogP contribution in [-0.2, 0) is 23.3 Å². The van der Waals surface area contributed by atoms with E-state index in [0.29, 0.717) is 12.0 Å². The van der Waals surface area contributed by atoms with E-state index in [1.807, 2.05) is 19.1 Å². The summed E-state index contributed by atoms with van der Waals surface area (Å²) in [7, 11) is 0. The Kier molecular flexibility index (Phi) is 4.93. The number of amides is 1. The molecule has 0 bridgehead atoms. The minimum atomic E-state index is -0.903. The lowest BCUT2D eigenvalue weighted by molar-refractivity contribution is -0.141. The van der Waals surface area contributed by atoms with Gasteiger partial charge in [-0.25, -0.2) is 9.78 Å². The van der Waals surface area contributed by atoms with Crippen molar-refractivity contribution in [2.75, 3.05) is 19.6 Å². The number of H-pyrrole nitrogens is 1. The number of carboxylic acid groups (broad SMARTS) is 1. The van der Waals surface area contributed by atoms with Crippen molar-refractivity contribution in [2.45, 2.75) is 44.7 Å². The first kappa shape index (κ1) is 18.7. The van der Waals surface area contributed by atoms with E-state index in [0.717, 1.165) is 62.4 Å². The summed E-state index contributed by atoms with van der Waals surface area (Å²) in [4.78, 5) is 36.0. The maximum Gasteiger partial charge on any atom is 0.335 e. The van der Waals surface area contributed by atoms with Crippen LogP contribution in [0, 0.1) is 0 Å². The zero-order valence-electron chi connectivity index (χ0n) is 16.1. The number of nitrogens with one attached hydrogen (secondary N) is 1. The number of hydrogen-bond donors (Lipinski definition) is 2. The number of imidazole rings is 1. The molecule has 7 heteroatoms. The normalized spacial score (nSPS) is 18.8. The number of aromatic nitrogens is 2. The van der Waals surface area contributed by atoms with Crippen LogP contribution in [-0.4, -0.2) is 56.4 Å². The molecule has 2 aromatic rings. The minimum absolute atomic E-state index is 0.200. The van der Waals surface area contributed by atoms with Crippen LogP contribution < -0.4 is 0 Å². The Morgan fingerprint density at radius 2 is 1.89 bits per heavy atom. The zero-order chi connectivity index (χ0) is 19.7. The largest absolute Gasteiger partial charge is 0.478 e. The number of carbonyl (C=O) groups excluding carboxylic acids is 1. The molecule has 0 saturated carbocycles. The number of aromatic amines is 1. The number of fused-ring (bicyclic) bond motifs is 2. The fourth-order valence-electron chi connectivity index (χ4n) is 4.63. The Bertz CT molecular complexity index is 866. The summed E-state index contributed by atoms with van der Waals surface area (Å²) >= 11 is 0. The third-order valence-corrected chi connectivity index (χ3v) is 6.15. The fraction of sp³-hybridized carbons (Fsp3) is 0.476. The Balaban J connectivity index is 1.50. The molecule has 28 heavy (non-hydrogen) atoms. The highest BCUT2D eigenvalue weighted by Gasteiger charge is 2.48. The quantitative estimate of drug-likeness (QED) is 0.848. The average molecular weight is 382 g/mol. The average Bonchev–Trinajstić information content (AvgIpc) is 3.20. The lowest BCUT2D eigenvalue weighted by Gasteiger charge is -2.50. The van der Waals surface area contributed by atoms with Crippen molar-refractivity contribution in [1.29, 1.82) is 0 Å². The number of likely N-dealkylation sites (tertiary alicyclic amines) is 1. The van der Waals surface area contributed by atoms with Gasteiger partial charge in [0.05, 0.1) is 23.1 Å². The molecule has 1 saturated heterocycles. The highest BCUT2D eigenvalue weighted by atomic mass is 16.4. The maximum absolute atomic E-state index is 12.7. The highest BCUT2D eigenvalue weighted by molar-refractivity contribution is 5.87. The molecule has 148 valence electrons. The van der Waals surface area contributed by atoms with Crippen molar-refractivity contribution in [3.8, 4) is 0 Å². The number of piperidine rings is 1. The van der Waals surface area contributed by atoms with E-state index < -0.39 is 5.97 Å². The molecule has 0 unspecified atom stereocenters. The fourth-order valence-corrected chi connectivity index (χ4v) is 4.63. The molecule has 1 amide bonds. The van der Waals surface area contributed by atoms with Gasteiger partial charge in [-0.3, -0.25) is 9.69 Å². The van der Waals surface area contributed by atoms with Crippen LogP contribution >= 0.6 is 0 Å². The van der Waals surface area contributed by atoms with Gasteiger partial charge in [0.2, 0.25) is 5.91 Å². The first-order chi connectivity index (χ1) is 13.5. The first-order valence-electron chi connectivity index (χ1n) is 9.91. The van der Waals surface area contributed by atoms with Crippen molar-refractivity contribution in [3.05, 3.63) is 53.1 Å². The van der Waals surface area contributed by atoms with E-state index in [-0.39, 0.29) is 11.4 Å². The van der Waals surface area contributed by atoms with Gasteiger partial charge < -0.3 is 15.0 Å². The van der Waals surface area contributed by atoms with E-state index in [4.69, 9.17) is 5.11 Å². The summed E-state index contributed by atoms with van der Waals surface area (Å²) in [5, 5.41) is 9.04. The molecule has 1 fully saturated rings. The lowest BCUT2D eigenvalue weighted by atomic mass is 9.78. The Hall–Kier alpha value is -2.67. The Morgan fingerprint density at radius 1 is 1.18 bits per heavy atom. The number of benzene rings is 1. The van der Waals surface area contributed by atoms with Crippen LogP contribution in [0.3, 0.4) is 0 Å². The summed E-state index contributed by atoms with van der Waals surface area (Å²) in [6, 6.07) is 7.07. The van der Waals surface area contributed by atoms with Gasteiger partial charge in [-0.05, 0) is 30.5 Å². The summed E-state index contributed by atoms with van der Waals surface area (Å²) in [5.41, 5.74) is 3.32. The molecule has 0 atom stereocenters. The van der Waals surface area contributed by atoms with Gasteiger partial charge in [-0.15, -0.1) is 0 Å². The van der Waals surface area contributed by atoms with E-state index in [1.165, 1.54) is 0 Å². The number of nitrogens with zero attached hydrogens (tertiary/aromatic N) is 3. The van der Waals surface area contributed by atoms with Gasteiger partial charge in [0.15, 0.2) is 0 Å². The molecule has 2 aliphatic heterocycles. The number of aromatic carboxylic acids is 1. The van der Waals surface area contributed by atoms with Crippen molar-refractivity contribution in [3.63, 3.8) is 0 Å². The van der Waals surface area contributed by atoms with Gasteiger partial charge in [0.1, 0.15) is 0 Å². The van der Waals surface area contributed by atoms with Gasteiger partial charge in [-0.1, -0.05) is 19.1 Å². The van der Waals surface area contributed by atoms with Crippen molar-refractivity contribution in [1.82, 2.24) is 19.8 Å². The summed E-state index contributed by atoms with van der Waals surface area (Å²) in [6.45, 7) is 5.20. The number of carbonyl (C=O) groups is 2. The molecule has 1 aromatic heterocycles. The molecule has 2 N–H and O–H groups in total. The van der Waals surface area contributed by atoms with Crippen molar-refractivity contribution < 1.29 is 14.7 Å². The van der Waals surface area contributed by atoms with Crippen LogP contribution in [0.5, 0.6) is 0 Å². The molecule has 7 nitrogen and oxygen atoms in total. The van der Waals surface area contributed by atoms with Crippen LogP contribution in [0.1, 0.15) is 53.5 Å². The van der Waals surface area contributed by atoms with Crippen LogP contribution in [0.4, 0.5) is 0 Å². The first-order valence-corrected chi connectivity index (χ1v) is 9.91. The maximum atomic E-state index is 12.7. The number of hydrogen-bond acceptors (Lipinski definition) is 4. The van der Waals surface area contributed by atoms with E-state index in [1.54, 1.807) is 18.5 Å². The molecule has 1 spiro atoms. The standard InChI is InChI=1S/C21H26N4O3/c1-2-18(26)25-10-7-17-19(23-14-22-17)21(25)8-11-24(12-9-21)13-15-3-5-16(6-4-15)20(27)28/h3-6,14H,2,7-13H2,1H3,(H,22,23)(H,27,28). The monoisotopic (exact) mass is 382 g/mol. The topological polar surface area (TPSA) is 89.5 Å². The predicted molar refractivity (Wildman–Crippen MR) is 104 cm³/mol. The number of rotatable bonds is 4. The second kappa shape index (κ2) is 7.39. The second-order valence-corrected chi connectivity index (χ2v) is 7.69. The SMILES string of the molecule is CCC(=O)N1CCc2[nH]cnc2C12CCN(Cc1ccc(C(=O)O)cc1)CC2. The summed E-state index contributed by atoms with van der Waals surface area (Å²) < 4.78 is 0. The second-order valence-electron chi connectivity index (χ2n) is 7.69. The van der Waals surface area contributed by atoms with Gasteiger partial charge in [-0.2, -0.15) is 0 Å². The van der Waals surface area contributed by atoms with Gasteiger partial charge in [0.25, 0.3) is 0 Å². The Morgan fingerprint density at radius 3 is 2.54 bits per heavy atom. The minimum Gasteiger partial charge on any atom is -0.478 e. The predicted octanol–water partition coefficient (Wildman–Crippen LogP) is 2.39. The van der Waals surface area contributed by atoms with Crippen molar-refractivity contribution in [2.24, 2.45) is 0 Å². The summed E-state index contributed by atoms with van der Waals surface area (Å²) in [6.07, 6.45) is 4.83. The molecular formula is C21H26N4O3. The van der Waals surface area contributed by atoms with Crippen molar-refractivity contribution >= 4 is 11.9 Å². The Labute approximate surface area is 164 Å². The molecule has 0 radical (unpaired) electrons. The van der Waals surface area contributed by atoms with E-state index in [9.17, 15) is 9.59 Å². The van der Waals surface area contributed by atoms with Crippen LogP contribution in [0.25, 0.3) is 0 Å². The van der Waals surface area contributed by atoms with Gasteiger partial charge in [0, 0.05) is 44.7 Å². The third-order valence-electron chi connectivity index (χ3n) is 6.15.